The summed E-state index contributed by atoms with van der Waals surface area (Å²) in [5.74, 6) is -1.16. The number of hydroxylamine groups is 1. The first-order valence-electron chi connectivity index (χ1n) is 11.0. The summed E-state index contributed by atoms with van der Waals surface area (Å²) in [6, 6.07) is 16.7. The van der Waals surface area contributed by atoms with Gasteiger partial charge in [-0.1, -0.05) is 78.4 Å². The molecular formula is C25H26ClN3O6S2. The number of carbonyl (C=O) groups is 1. The Bertz CT molecular complexity index is 1500. The topological polar surface area (TPSA) is 142 Å². The van der Waals surface area contributed by atoms with Crippen molar-refractivity contribution in [1.29, 1.82) is 0 Å². The lowest BCUT2D eigenvalue weighted by Crippen LogP contribution is -2.53. The van der Waals surface area contributed by atoms with Gasteiger partial charge < -0.3 is 0 Å². The first-order valence-corrected chi connectivity index (χ1v) is 14.4. The van der Waals surface area contributed by atoms with E-state index in [0.29, 0.717) is 21.5 Å². The quantitative estimate of drug-likeness (QED) is 0.151. The molecule has 0 aliphatic rings. The molecule has 4 N–H and O–H groups in total. The Hall–Kier alpha value is -3.06. The van der Waals surface area contributed by atoms with Gasteiger partial charge in [-0.3, -0.25) is 10.0 Å². The molecule has 3 unspecified atom stereocenters. The SMILES string of the molecule is C=CC(c1ccc(Cl)cc1)S(=O)(=O)NC(CNS(=O)(=O)C(C=C)c1cccc2ccccc12)C(=O)NO. The molecule has 37 heavy (non-hydrogen) atoms. The molecule has 0 aliphatic heterocycles. The fraction of sp³-hybridized carbons (Fsp3) is 0.160. The molecule has 0 radical (unpaired) electrons. The minimum Gasteiger partial charge on any atom is -0.289 e. The zero-order valence-electron chi connectivity index (χ0n) is 19.5. The van der Waals surface area contributed by atoms with Gasteiger partial charge in [0.1, 0.15) is 16.5 Å². The van der Waals surface area contributed by atoms with Crippen LogP contribution in [0.15, 0.2) is 92.0 Å². The number of hydrogen-bond donors (Lipinski definition) is 4. The van der Waals surface area contributed by atoms with Crippen LogP contribution in [-0.2, 0) is 24.8 Å². The van der Waals surface area contributed by atoms with Crippen LogP contribution in [0.2, 0.25) is 5.02 Å². The molecular weight excluding hydrogens is 538 g/mol. The maximum absolute atomic E-state index is 13.2. The monoisotopic (exact) mass is 563 g/mol. The van der Waals surface area contributed by atoms with E-state index in [9.17, 15) is 21.6 Å². The predicted molar refractivity (Wildman–Crippen MR) is 144 cm³/mol. The number of amides is 1. The van der Waals surface area contributed by atoms with Crippen LogP contribution in [0.1, 0.15) is 21.6 Å². The average Bonchev–Trinajstić information content (AvgIpc) is 2.88. The maximum Gasteiger partial charge on any atom is 0.262 e. The highest BCUT2D eigenvalue weighted by molar-refractivity contribution is 7.90. The van der Waals surface area contributed by atoms with Crippen molar-refractivity contribution < 1.29 is 26.8 Å². The summed E-state index contributed by atoms with van der Waals surface area (Å²) < 4.78 is 57.1. The highest BCUT2D eigenvalue weighted by Crippen LogP contribution is 2.30. The molecule has 0 bridgehead atoms. The lowest BCUT2D eigenvalue weighted by Gasteiger charge is -2.23. The second-order valence-corrected chi connectivity index (χ2v) is 12.2. The van der Waals surface area contributed by atoms with E-state index in [1.54, 1.807) is 24.3 Å². The summed E-state index contributed by atoms with van der Waals surface area (Å²) in [4.78, 5) is 12.3. The van der Waals surface area contributed by atoms with E-state index in [2.05, 4.69) is 22.6 Å². The van der Waals surface area contributed by atoms with E-state index < -0.39 is 49.0 Å². The number of hydrogen-bond acceptors (Lipinski definition) is 6. The lowest BCUT2D eigenvalue weighted by atomic mass is 10.0. The molecule has 9 nitrogen and oxygen atoms in total. The van der Waals surface area contributed by atoms with Crippen LogP contribution < -0.4 is 14.9 Å². The fourth-order valence-electron chi connectivity index (χ4n) is 3.84. The van der Waals surface area contributed by atoms with Gasteiger partial charge in [0.05, 0.1) is 0 Å². The summed E-state index contributed by atoms with van der Waals surface area (Å²) in [6.45, 7) is 6.52. The maximum atomic E-state index is 13.2. The molecule has 1 amide bonds. The van der Waals surface area contributed by atoms with Crippen LogP contribution in [0.3, 0.4) is 0 Å². The summed E-state index contributed by atoms with van der Waals surface area (Å²) in [7, 11) is -8.50. The summed E-state index contributed by atoms with van der Waals surface area (Å²) in [5.41, 5.74) is 2.14. The standard InChI is InChI=1S/C25H26ClN3O6S2/c1-3-23(18-12-14-19(26)15-13-18)37(34,35)29-22(25(30)28-31)16-27-36(32,33)24(4-2)21-11-7-9-17-8-5-6-10-20(17)21/h3-15,22-24,27,29,31H,1-2,16H2,(H,28,30). The van der Waals surface area contributed by atoms with E-state index in [-0.39, 0.29) is 0 Å². The highest BCUT2D eigenvalue weighted by Gasteiger charge is 2.33. The number of carbonyl (C=O) groups excluding carboxylic acids is 1. The molecule has 0 aromatic heterocycles. The third-order valence-electron chi connectivity index (χ3n) is 5.65. The van der Waals surface area contributed by atoms with Gasteiger partial charge in [0, 0.05) is 11.6 Å². The predicted octanol–water partition coefficient (Wildman–Crippen LogP) is 3.36. The van der Waals surface area contributed by atoms with Gasteiger partial charge in [0.2, 0.25) is 20.0 Å². The molecule has 0 saturated heterocycles. The van der Waals surface area contributed by atoms with E-state index in [4.69, 9.17) is 16.8 Å². The van der Waals surface area contributed by atoms with Crippen molar-refractivity contribution in [3.05, 3.63) is 108 Å². The van der Waals surface area contributed by atoms with Crippen molar-refractivity contribution in [1.82, 2.24) is 14.9 Å². The smallest absolute Gasteiger partial charge is 0.262 e. The molecule has 12 heteroatoms. The molecule has 0 fully saturated rings. The summed E-state index contributed by atoms with van der Waals surface area (Å²) in [5, 5.41) is 8.59. The van der Waals surface area contributed by atoms with Gasteiger partial charge in [-0.25, -0.2) is 31.8 Å². The normalized spacial score (nSPS) is 14.4. The molecule has 3 atom stereocenters. The van der Waals surface area contributed by atoms with Crippen molar-refractivity contribution >= 4 is 48.3 Å². The first kappa shape index (κ1) is 28.5. The van der Waals surface area contributed by atoms with E-state index in [0.717, 1.165) is 11.5 Å². The van der Waals surface area contributed by atoms with Crippen LogP contribution >= 0.6 is 11.6 Å². The summed E-state index contributed by atoms with van der Waals surface area (Å²) >= 11 is 5.87. The Labute approximate surface area is 220 Å². The van der Waals surface area contributed by atoms with Gasteiger partial charge in [-0.05, 0) is 34.0 Å². The van der Waals surface area contributed by atoms with Crippen molar-refractivity contribution in [2.24, 2.45) is 0 Å². The zero-order chi connectivity index (χ0) is 27.2. The molecule has 0 aliphatic carbocycles. The van der Waals surface area contributed by atoms with Crippen LogP contribution in [0, 0.1) is 0 Å². The number of rotatable bonds is 12. The Morgan fingerprint density at radius 2 is 1.51 bits per heavy atom. The Morgan fingerprint density at radius 1 is 0.892 bits per heavy atom. The fourth-order valence-corrected chi connectivity index (χ4v) is 6.84. The highest BCUT2D eigenvalue weighted by atomic mass is 35.5. The number of nitrogens with one attached hydrogen (secondary N) is 3. The molecule has 3 rings (SSSR count). The number of fused-ring (bicyclic) bond motifs is 1. The molecule has 3 aromatic carbocycles. The van der Waals surface area contributed by atoms with Gasteiger partial charge in [0.25, 0.3) is 5.91 Å². The molecule has 3 aromatic rings. The number of sulfonamides is 2. The first-order chi connectivity index (χ1) is 17.5. The second-order valence-electron chi connectivity index (χ2n) is 8.02. The molecule has 0 saturated carbocycles. The Balaban J connectivity index is 1.86. The minimum absolute atomic E-state index is 0.318. The van der Waals surface area contributed by atoms with Crippen LogP contribution in [0.4, 0.5) is 0 Å². The Morgan fingerprint density at radius 3 is 2.14 bits per heavy atom. The van der Waals surface area contributed by atoms with E-state index in [1.165, 1.54) is 35.8 Å². The largest absolute Gasteiger partial charge is 0.289 e. The van der Waals surface area contributed by atoms with E-state index >= 15 is 0 Å². The van der Waals surface area contributed by atoms with Gasteiger partial charge in [0.15, 0.2) is 0 Å². The second kappa shape index (κ2) is 12.0. The van der Waals surface area contributed by atoms with Gasteiger partial charge in [-0.2, -0.15) is 0 Å². The van der Waals surface area contributed by atoms with Crippen molar-refractivity contribution in [3.63, 3.8) is 0 Å². The van der Waals surface area contributed by atoms with E-state index in [1.807, 2.05) is 18.2 Å². The minimum atomic E-state index is -4.31. The zero-order valence-corrected chi connectivity index (χ0v) is 21.9. The summed E-state index contributed by atoms with van der Waals surface area (Å²) in [6.07, 6.45) is 2.39. The van der Waals surface area contributed by atoms with Crippen LogP contribution in [-0.4, -0.2) is 40.5 Å². The average molecular weight is 564 g/mol. The van der Waals surface area contributed by atoms with Crippen molar-refractivity contribution in [2.75, 3.05) is 6.54 Å². The lowest BCUT2D eigenvalue weighted by molar-refractivity contribution is -0.130. The van der Waals surface area contributed by atoms with Crippen LogP contribution in [0.5, 0.6) is 0 Å². The van der Waals surface area contributed by atoms with Crippen molar-refractivity contribution in [2.45, 2.75) is 16.5 Å². The van der Waals surface area contributed by atoms with Gasteiger partial charge >= 0.3 is 0 Å². The van der Waals surface area contributed by atoms with Crippen LogP contribution in [0.25, 0.3) is 10.8 Å². The molecule has 0 spiro atoms. The van der Waals surface area contributed by atoms with Gasteiger partial charge in [-0.15, -0.1) is 13.2 Å². The third kappa shape index (κ3) is 6.63. The molecule has 0 heterocycles. The number of halogens is 1. The molecule has 196 valence electrons. The Kier molecular flexibility index (Phi) is 9.24. The number of benzene rings is 3. The van der Waals surface area contributed by atoms with Crippen molar-refractivity contribution in [3.8, 4) is 0 Å². The third-order valence-corrected chi connectivity index (χ3v) is 9.33.